The summed E-state index contributed by atoms with van der Waals surface area (Å²) in [5, 5.41) is 7.15. The third-order valence-electron chi connectivity index (χ3n) is 3.86. The monoisotopic (exact) mass is 377 g/mol. The Morgan fingerprint density at radius 1 is 1.00 bits per heavy atom. The van der Waals surface area contributed by atoms with Crippen molar-refractivity contribution in [2.45, 2.75) is 33.3 Å². The van der Waals surface area contributed by atoms with E-state index < -0.39 is 17.5 Å². The van der Waals surface area contributed by atoms with Gasteiger partial charge in [-0.25, -0.2) is 9.48 Å². The molecule has 0 fully saturated rings. The molecular formula is C22H23N3O3. The van der Waals surface area contributed by atoms with E-state index >= 15 is 0 Å². The first-order valence-corrected chi connectivity index (χ1v) is 9.00. The second kappa shape index (κ2) is 7.68. The number of ether oxygens (including phenoxy) is 1. The summed E-state index contributed by atoms with van der Waals surface area (Å²) >= 11 is 0. The van der Waals surface area contributed by atoms with E-state index in [4.69, 9.17) is 4.74 Å². The second-order valence-corrected chi connectivity index (χ2v) is 7.48. The van der Waals surface area contributed by atoms with E-state index in [-0.39, 0.29) is 11.4 Å². The van der Waals surface area contributed by atoms with Gasteiger partial charge in [-0.1, -0.05) is 35.9 Å². The molecule has 6 nitrogen and oxygen atoms in total. The van der Waals surface area contributed by atoms with Gasteiger partial charge in [-0.05, 0) is 52.0 Å². The number of aromatic nitrogens is 2. The first-order valence-electron chi connectivity index (χ1n) is 9.00. The van der Waals surface area contributed by atoms with Crippen molar-refractivity contribution in [2.24, 2.45) is 0 Å². The zero-order valence-corrected chi connectivity index (χ0v) is 16.4. The summed E-state index contributed by atoms with van der Waals surface area (Å²) in [7, 11) is 0. The van der Waals surface area contributed by atoms with Crippen molar-refractivity contribution >= 4 is 17.6 Å². The Balaban J connectivity index is 1.95. The van der Waals surface area contributed by atoms with Crippen LogP contribution in [0, 0.1) is 6.92 Å². The third kappa shape index (κ3) is 4.65. The molecule has 144 valence electrons. The molecule has 28 heavy (non-hydrogen) atoms. The highest BCUT2D eigenvalue weighted by molar-refractivity contribution is 6.04. The molecule has 0 atom stereocenters. The maximum absolute atomic E-state index is 12.7. The maximum Gasteiger partial charge on any atom is 0.357 e. The van der Waals surface area contributed by atoms with E-state index in [2.05, 4.69) is 10.4 Å². The van der Waals surface area contributed by atoms with E-state index in [1.807, 2.05) is 61.5 Å². The Kier molecular flexibility index (Phi) is 5.31. The second-order valence-electron chi connectivity index (χ2n) is 7.48. The number of nitrogens with one attached hydrogen (secondary N) is 1. The molecule has 0 radical (unpaired) electrons. The van der Waals surface area contributed by atoms with Crippen molar-refractivity contribution in [3.05, 3.63) is 77.6 Å². The summed E-state index contributed by atoms with van der Waals surface area (Å²) in [6.07, 6.45) is 0. The lowest BCUT2D eigenvalue weighted by Crippen LogP contribution is -2.25. The average Bonchev–Trinajstić information content (AvgIpc) is 3.09. The number of esters is 1. The largest absolute Gasteiger partial charge is 0.455 e. The van der Waals surface area contributed by atoms with Crippen molar-refractivity contribution in [3.8, 4) is 5.69 Å². The van der Waals surface area contributed by atoms with Gasteiger partial charge < -0.3 is 10.1 Å². The van der Waals surface area contributed by atoms with Crippen LogP contribution in [0.2, 0.25) is 0 Å². The Labute approximate surface area is 164 Å². The van der Waals surface area contributed by atoms with Crippen LogP contribution in [0.3, 0.4) is 0 Å². The Hall–Kier alpha value is -3.41. The van der Waals surface area contributed by atoms with Gasteiger partial charge in [-0.2, -0.15) is 5.10 Å². The lowest BCUT2D eigenvalue weighted by Gasteiger charge is -2.19. The predicted molar refractivity (Wildman–Crippen MR) is 108 cm³/mol. The van der Waals surface area contributed by atoms with Crippen molar-refractivity contribution in [3.63, 3.8) is 0 Å². The quantitative estimate of drug-likeness (QED) is 0.685. The molecule has 0 unspecified atom stereocenters. The van der Waals surface area contributed by atoms with Crippen LogP contribution in [-0.4, -0.2) is 27.3 Å². The van der Waals surface area contributed by atoms with E-state index in [1.165, 1.54) is 10.7 Å². The Morgan fingerprint density at radius 3 is 2.25 bits per heavy atom. The van der Waals surface area contributed by atoms with E-state index in [0.717, 1.165) is 5.56 Å². The highest BCUT2D eigenvalue weighted by Crippen LogP contribution is 2.18. The summed E-state index contributed by atoms with van der Waals surface area (Å²) in [6.45, 7) is 7.34. The van der Waals surface area contributed by atoms with Crippen LogP contribution in [0.15, 0.2) is 60.7 Å². The summed E-state index contributed by atoms with van der Waals surface area (Å²) in [5.74, 6) is -0.943. The number of benzene rings is 2. The van der Waals surface area contributed by atoms with Gasteiger partial charge in [0.05, 0.1) is 5.69 Å². The van der Waals surface area contributed by atoms with Gasteiger partial charge in [0.1, 0.15) is 5.60 Å². The van der Waals surface area contributed by atoms with Crippen LogP contribution < -0.4 is 5.32 Å². The summed E-state index contributed by atoms with van der Waals surface area (Å²) < 4.78 is 6.91. The van der Waals surface area contributed by atoms with Crippen LogP contribution in [0.25, 0.3) is 5.69 Å². The molecule has 3 aromatic rings. The van der Waals surface area contributed by atoms with Gasteiger partial charge in [0, 0.05) is 11.8 Å². The fraction of sp³-hybridized carbons (Fsp3) is 0.227. The minimum Gasteiger partial charge on any atom is -0.455 e. The first-order chi connectivity index (χ1) is 13.2. The minimum atomic E-state index is -0.660. The molecule has 0 aliphatic heterocycles. The topological polar surface area (TPSA) is 73.2 Å². The number of anilines is 1. The smallest absolute Gasteiger partial charge is 0.357 e. The van der Waals surface area contributed by atoms with Crippen molar-refractivity contribution < 1.29 is 14.3 Å². The SMILES string of the molecule is Cc1ccc(NC(=O)c2cc(C(=O)OC(C)(C)C)n(-c3ccccc3)n2)cc1. The zero-order chi connectivity index (χ0) is 20.3. The molecule has 0 saturated carbocycles. The number of para-hydroxylation sites is 1. The molecule has 0 aliphatic carbocycles. The molecule has 0 saturated heterocycles. The molecule has 0 bridgehead atoms. The maximum atomic E-state index is 12.7. The number of hydrogen-bond donors (Lipinski definition) is 1. The Morgan fingerprint density at radius 2 is 1.64 bits per heavy atom. The molecular weight excluding hydrogens is 354 g/mol. The molecule has 1 amide bonds. The number of aryl methyl sites for hydroxylation is 1. The molecule has 0 spiro atoms. The summed E-state index contributed by atoms with van der Waals surface area (Å²) in [6, 6.07) is 18.0. The fourth-order valence-corrected chi connectivity index (χ4v) is 2.57. The highest BCUT2D eigenvalue weighted by Gasteiger charge is 2.25. The average molecular weight is 377 g/mol. The van der Waals surface area contributed by atoms with Gasteiger partial charge in [-0.3, -0.25) is 4.79 Å². The van der Waals surface area contributed by atoms with Crippen molar-refractivity contribution in [1.29, 1.82) is 0 Å². The number of amides is 1. The number of rotatable bonds is 4. The van der Waals surface area contributed by atoms with Crippen LogP contribution in [0.5, 0.6) is 0 Å². The van der Waals surface area contributed by atoms with Crippen molar-refractivity contribution in [1.82, 2.24) is 9.78 Å². The van der Waals surface area contributed by atoms with Gasteiger partial charge in [0.25, 0.3) is 5.91 Å². The zero-order valence-electron chi connectivity index (χ0n) is 16.4. The van der Waals surface area contributed by atoms with Gasteiger partial charge in [0.2, 0.25) is 0 Å². The molecule has 3 rings (SSSR count). The molecule has 2 aromatic carbocycles. The Bertz CT molecular complexity index is 984. The van der Waals surface area contributed by atoms with Crippen LogP contribution in [0.1, 0.15) is 47.3 Å². The van der Waals surface area contributed by atoms with E-state index in [1.54, 1.807) is 20.8 Å². The third-order valence-corrected chi connectivity index (χ3v) is 3.86. The van der Waals surface area contributed by atoms with E-state index in [0.29, 0.717) is 11.4 Å². The molecule has 1 N–H and O–H groups in total. The number of carbonyl (C=O) groups is 2. The lowest BCUT2D eigenvalue weighted by atomic mass is 10.2. The van der Waals surface area contributed by atoms with Crippen molar-refractivity contribution in [2.75, 3.05) is 5.32 Å². The van der Waals surface area contributed by atoms with Gasteiger partial charge in [0.15, 0.2) is 11.4 Å². The number of hydrogen-bond acceptors (Lipinski definition) is 4. The van der Waals surface area contributed by atoms with Crippen LogP contribution >= 0.6 is 0 Å². The number of carbonyl (C=O) groups excluding carboxylic acids is 2. The fourth-order valence-electron chi connectivity index (χ4n) is 2.57. The minimum absolute atomic E-state index is 0.130. The lowest BCUT2D eigenvalue weighted by molar-refractivity contribution is 0.00593. The standard InChI is InChI=1S/C22H23N3O3/c1-15-10-12-16(13-11-15)23-20(26)18-14-19(21(27)28-22(2,3)4)25(24-18)17-8-6-5-7-9-17/h5-14H,1-4H3,(H,23,26). The van der Waals surface area contributed by atoms with E-state index in [9.17, 15) is 9.59 Å². The first kappa shape index (κ1) is 19.4. The normalized spacial score (nSPS) is 11.1. The van der Waals surface area contributed by atoms with Gasteiger partial charge >= 0.3 is 5.97 Å². The van der Waals surface area contributed by atoms with Crippen LogP contribution in [0.4, 0.5) is 5.69 Å². The number of nitrogens with zero attached hydrogens (tertiary/aromatic N) is 2. The van der Waals surface area contributed by atoms with Gasteiger partial charge in [-0.15, -0.1) is 0 Å². The summed E-state index contributed by atoms with van der Waals surface area (Å²) in [4.78, 5) is 25.3. The predicted octanol–water partition coefficient (Wildman–Crippen LogP) is 4.39. The summed E-state index contributed by atoms with van der Waals surface area (Å²) in [5.41, 5.74) is 2.08. The van der Waals surface area contributed by atoms with Crippen LogP contribution in [-0.2, 0) is 4.74 Å². The highest BCUT2D eigenvalue weighted by atomic mass is 16.6. The molecule has 6 heteroatoms. The molecule has 1 heterocycles. The molecule has 0 aliphatic rings. The molecule has 1 aromatic heterocycles.